The summed E-state index contributed by atoms with van der Waals surface area (Å²) in [4.78, 5) is 15.2. The number of rotatable bonds is 4. The fourth-order valence-corrected chi connectivity index (χ4v) is 2.55. The summed E-state index contributed by atoms with van der Waals surface area (Å²) in [6.45, 7) is 1.13. The highest BCUT2D eigenvalue weighted by Gasteiger charge is 2.17. The van der Waals surface area contributed by atoms with E-state index in [9.17, 15) is 18.0 Å². The van der Waals surface area contributed by atoms with Gasteiger partial charge in [0, 0.05) is 28.1 Å². The molecule has 0 amide bonds. The molecule has 0 atom stereocenters. The number of carbonyl (C=O) groups is 1. The zero-order chi connectivity index (χ0) is 18.1. The Balaban J connectivity index is 2.15. The second kappa shape index (κ2) is 6.72. The molecule has 0 spiro atoms. The van der Waals surface area contributed by atoms with Crippen molar-refractivity contribution in [3.8, 4) is 0 Å². The Morgan fingerprint density at radius 2 is 2.00 bits per heavy atom. The molecule has 3 rings (SSSR count). The second-order valence-corrected chi connectivity index (χ2v) is 5.81. The second-order valence-electron chi connectivity index (χ2n) is 5.37. The summed E-state index contributed by atoms with van der Waals surface area (Å²) >= 11 is 5.89. The van der Waals surface area contributed by atoms with Crippen LogP contribution in [0.5, 0.6) is 0 Å². The number of allylic oxidation sites excluding steroid dienone is 1. The van der Waals surface area contributed by atoms with Crippen LogP contribution in [0.25, 0.3) is 22.7 Å². The summed E-state index contributed by atoms with van der Waals surface area (Å²) in [7, 11) is 0. The van der Waals surface area contributed by atoms with Crippen LogP contribution in [0.2, 0.25) is 5.02 Å². The average Bonchev–Trinajstić information content (AvgIpc) is 3.00. The summed E-state index contributed by atoms with van der Waals surface area (Å²) in [5, 5.41) is 0.454. The fourth-order valence-electron chi connectivity index (χ4n) is 2.38. The van der Waals surface area contributed by atoms with Gasteiger partial charge in [-0.15, -0.1) is 0 Å². The van der Waals surface area contributed by atoms with Crippen LogP contribution in [-0.2, 0) is 4.79 Å². The molecule has 7 heteroatoms. The van der Waals surface area contributed by atoms with E-state index in [0.717, 1.165) is 13.0 Å². The first-order valence-electron chi connectivity index (χ1n) is 7.25. The molecule has 0 radical (unpaired) electrons. The largest absolute Gasteiger partial charge is 0.436 e. The first kappa shape index (κ1) is 17.2. The van der Waals surface area contributed by atoms with Gasteiger partial charge in [-0.05, 0) is 37.3 Å². The van der Waals surface area contributed by atoms with Crippen molar-refractivity contribution in [1.82, 2.24) is 4.98 Å². The van der Waals surface area contributed by atoms with Gasteiger partial charge in [0.15, 0.2) is 17.2 Å². The van der Waals surface area contributed by atoms with Crippen LogP contribution in [-0.4, -0.2) is 11.3 Å². The zero-order valence-electron chi connectivity index (χ0n) is 12.9. The molecule has 1 heterocycles. The summed E-state index contributed by atoms with van der Waals surface area (Å²) in [5.74, 6) is -3.27. The number of aldehydes is 1. The van der Waals surface area contributed by atoms with E-state index in [1.54, 1.807) is 18.2 Å². The molecule has 0 fully saturated rings. The minimum Gasteiger partial charge on any atom is -0.436 e. The maximum Gasteiger partial charge on any atom is 0.223 e. The van der Waals surface area contributed by atoms with Crippen LogP contribution in [0.15, 0.2) is 28.7 Å². The molecule has 2 aromatic carbocycles. The quantitative estimate of drug-likeness (QED) is 0.463. The van der Waals surface area contributed by atoms with E-state index in [4.69, 9.17) is 16.0 Å². The third-order valence-corrected chi connectivity index (χ3v) is 3.90. The number of aromatic nitrogens is 1. The number of nitrogens with zero attached hydrogens (tertiary/aromatic N) is 1. The molecule has 0 unspecified atom stereocenters. The van der Waals surface area contributed by atoms with Gasteiger partial charge in [0.1, 0.15) is 17.6 Å². The lowest BCUT2D eigenvalue weighted by molar-refractivity contribution is -0.107. The van der Waals surface area contributed by atoms with Gasteiger partial charge in [-0.3, -0.25) is 0 Å². The molecule has 3 aromatic rings. The summed E-state index contributed by atoms with van der Waals surface area (Å²) in [5.41, 5.74) is 0.473. The van der Waals surface area contributed by atoms with Gasteiger partial charge >= 0.3 is 0 Å². The molecule has 128 valence electrons. The Labute approximate surface area is 145 Å². The Kier molecular flexibility index (Phi) is 4.63. The van der Waals surface area contributed by atoms with Gasteiger partial charge < -0.3 is 9.21 Å². The third-order valence-electron chi connectivity index (χ3n) is 3.66. The van der Waals surface area contributed by atoms with Gasteiger partial charge in [-0.1, -0.05) is 11.6 Å². The lowest BCUT2D eigenvalue weighted by atomic mass is 10.0. The van der Waals surface area contributed by atoms with Crippen LogP contribution < -0.4 is 0 Å². The maximum atomic E-state index is 14.2. The highest BCUT2D eigenvalue weighted by atomic mass is 35.5. The van der Waals surface area contributed by atoms with Crippen molar-refractivity contribution in [1.29, 1.82) is 0 Å². The lowest BCUT2D eigenvalue weighted by Gasteiger charge is -2.06. The molecule has 0 aliphatic carbocycles. The van der Waals surface area contributed by atoms with E-state index in [2.05, 4.69) is 4.98 Å². The van der Waals surface area contributed by atoms with E-state index in [-0.39, 0.29) is 23.4 Å². The van der Waals surface area contributed by atoms with Gasteiger partial charge in [0.05, 0.1) is 0 Å². The highest BCUT2D eigenvalue weighted by Crippen LogP contribution is 2.28. The van der Waals surface area contributed by atoms with Crippen molar-refractivity contribution in [2.24, 2.45) is 0 Å². The molecule has 0 aliphatic rings. The highest BCUT2D eigenvalue weighted by molar-refractivity contribution is 6.31. The Hall–Kier alpha value is -2.60. The van der Waals surface area contributed by atoms with Crippen LogP contribution in [0.4, 0.5) is 13.2 Å². The lowest BCUT2D eigenvalue weighted by Crippen LogP contribution is -1.98. The van der Waals surface area contributed by atoms with Crippen molar-refractivity contribution in [2.75, 3.05) is 0 Å². The molecule has 0 saturated heterocycles. The van der Waals surface area contributed by atoms with Crippen molar-refractivity contribution < 1.29 is 22.4 Å². The molecule has 0 bridgehead atoms. The first-order valence-corrected chi connectivity index (χ1v) is 7.63. The Morgan fingerprint density at radius 3 is 2.72 bits per heavy atom. The fraction of sp³-hybridized carbons (Fsp3) is 0.111. The first-order chi connectivity index (χ1) is 11.9. The molecule has 25 heavy (non-hydrogen) atoms. The molecule has 0 aliphatic heterocycles. The van der Waals surface area contributed by atoms with Crippen LogP contribution >= 0.6 is 11.6 Å². The van der Waals surface area contributed by atoms with E-state index < -0.39 is 23.0 Å². The molecule has 3 nitrogen and oxygen atoms in total. The van der Waals surface area contributed by atoms with E-state index in [1.807, 2.05) is 0 Å². The van der Waals surface area contributed by atoms with Crippen LogP contribution in [0.3, 0.4) is 0 Å². The minimum atomic E-state index is -1.25. The summed E-state index contributed by atoms with van der Waals surface area (Å²) in [6, 6.07) is 5.52. The molecular weight excluding hydrogens is 355 g/mol. The molecule has 1 aromatic heterocycles. The van der Waals surface area contributed by atoms with Crippen molar-refractivity contribution >= 4 is 40.6 Å². The topological polar surface area (TPSA) is 43.1 Å². The third kappa shape index (κ3) is 3.30. The molecule has 0 N–H and O–H groups in total. The van der Waals surface area contributed by atoms with Crippen molar-refractivity contribution in [3.63, 3.8) is 0 Å². The minimum absolute atomic E-state index is 0.0751. The van der Waals surface area contributed by atoms with Gasteiger partial charge in [-0.25, -0.2) is 18.2 Å². The van der Waals surface area contributed by atoms with Crippen LogP contribution in [0, 0.1) is 24.4 Å². The molecular formula is C18H11ClF3NO2. The van der Waals surface area contributed by atoms with Crippen LogP contribution in [0.1, 0.15) is 23.4 Å². The number of carbonyl (C=O) groups excluding carboxylic acids is 1. The van der Waals surface area contributed by atoms with Gasteiger partial charge in [-0.2, -0.15) is 0 Å². The summed E-state index contributed by atoms with van der Waals surface area (Å²) in [6.07, 6.45) is 1.65. The number of benzene rings is 2. The van der Waals surface area contributed by atoms with Gasteiger partial charge in [0.25, 0.3) is 0 Å². The standard InChI is InChI=1S/C18H11ClF3NO2/c1-9-16(21)11(7-13(20)17(9)22)6-10(4-5-24)18-23-14-8-12(19)2-3-15(14)25-18/h2-3,5-8H,4H2,1H3. The number of hydrogen-bond donors (Lipinski definition) is 0. The number of oxazole rings is 1. The normalized spacial score (nSPS) is 12.0. The SMILES string of the molecule is Cc1c(F)c(F)cc(C=C(CC=O)c2nc3cc(Cl)ccc3o2)c1F. The zero-order valence-corrected chi connectivity index (χ0v) is 13.7. The monoisotopic (exact) mass is 365 g/mol. The van der Waals surface area contributed by atoms with E-state index >= 15 is 0 Å². The van der Waals surface area contributed by atoms with E-state index in [0.29, 0.717) is 22.4 Å². The van der Waals surface area contributed by atoms with Gasteiger partial charge in [0.2, 0.25) is 5.89 Å². The number of halogens is 4. The average molecular weight is 366 g/mol. The predicted octanol–water partition coefficient (Wildman–Crippen LogP) is 5.34. The van der Waals surface area contributed by atoms with E-state index in [1.165, 1.54) is 6.08 Å². The Bertz CT molecular complexity index is 1010. The smallest absolute Gasteiger partial charge is 0.223 e. The predicted molar refractivity (Wildman–Crippen MR) is 88.6 cm³/mol. The van der Waals surface area contributed by atoms with Crippen molar-refractivity contribution in [3.05, 3.63) is 63.8 Å². The summed E-state index contributed by atoms with van der Waals surface area (Å²) < 4.78 is 46.8. The number of hydrogen-bond acceptors (Lipinski definition) is 3. The molecule has 0 saturated carbocycles. The van der Waals surface area contributed by atoms with Crippen molar-refractivity contribution in [2.45, 2.75) is 13.3 Å². The Morgan fingerprint density at radius 1 is 1.24 bits per heavy atom. The number of fused-ring (bicyclic) bond motifs is 1. The maximum absolute atomic E-state index is 14.2.